The second-order valence-corrected chi connectivity index (χ2v) is 4.45. The van der Waals surface area contributed by atoms with E-state index in [0.29, 0.717) is 25.0 Å². The summed E-state index contributed by atoms with van der Waals surface area (Å²) in [7, 11) is 1.99. The van der Waals surface area contributed by atoms with Crippen molar-refractivity contribution in [2.45, 2.75) is 32.7 Å². The molecule has 0 aromatic carbocycles. The second-order valence-electron chi connectivity index (χ2n) is 4.45. The summed E-state index contributed by atoms with van der Waals surface area (Å²) in [6.45, 7) is 7.67. The molecule has 1 aliphatic rings. The van der Waals surface area contributed by atoms with Crippen LogP contribution in [-0.2, 0) is 9.53 Å². The lowest BCUT2D eigenvalue weighted by molar-refractivity contribution is -0.144. The predicted molar refractivity (Wildman–Crippen MR) is 64.3 cm³/mol. The van der Waals surface area contributed by atoms with E-state index in [9.17, 15) is 4.79 Å². The van der Waals surface area contributed by atoms with Crippen molar-refractivity contribution in [1.29, 1.82) is 0 Å². The summed E-state index contributed by atoms with van der Waals surface area (Å²) in [5, 5.41) is 3.31. The summed E-state index contributed by atoms with van der Waals surface area (Å²) >= 11 is 0. The molecule has 1 N–H and O–H groups in total. The molecular formula is C12H24N2O2. The Bertz CT molecular complexity index is 209. The average Bonchev–Trinajstić information content (AvgIpc) is 2.28. The number of carbonyl (C=O) groups excluding carboxylic acids is 1. The monoisotopic (exact) mass is 228 g/mol. The van der Waals surface area contributed by atoms with Crippen LogP contribution in [0.1, 0.15) is 26.7 Å². The average molecular weight is 228 g/mol. The molecule has 16 heavy (non-hydrogen) atoms. The van der Waals surface area contributed by atoms with Gasteiger partial charge in [0.05, 0.1) is 6.61 Å². The standard InChI is InChI=1S/C12H24N2O2/c1-4-14-8-10(6-11(9-14)13-3)7-12(15)16-5-2/h10-11,13H,4-9H2,1-3H3. The van der Waals surface area contributed by atoms with Gasteiger partial charge in [0.15, 0.2) is 0 Å². The summed E-state index contributed by atoms with van der Waals surface area (Å²) < 4.78 is 5.00. The first-order valence-corrected chi connectivity index (χ1v) is 6.24. The minimum Gasteiger partial charge on any atom is -0.466 e. The molecule has 0 aromatic rings. The van der Waals surface area contributed by atoms with Crippen LogP contribution >= 0.6 is 0 Å². The van der Waals surface area contributed by atoms with Gasteiger partial charge in [0.25, 0.3) is 0 Å². The lowest BCUT2D eigenvalue weighted by atomic mass is 9.91. The number of esters is 1. The van der Waals surface area contributed by atoms with Gasteiger partial charge < -0.3 is 15.0 Å². The maximum atomic E-state index is 11.4. The minimum atomic E-state index is -0.0553. The Kier molecular flexibility index (Phi) is 5.77. The third kappa shape index (κ3) is 4.10. The zero-order chi connectivity index (χ0) is 12.0. The van der Waals surface area contributed by atoms with Crippen LogP contribution in [0.2, 0.25) is 0 Å². The zero-order valence-electron chi connectivity index (χ0n) is 10.7. The van der Waals surface area contributed by atoms with Crippen LogP contribution in [0, 0.1) is 5.92 Å². The largest absolute Gasteiger partial charge is 0.466 e. The van der Waals surface area contributed by atoms with E-state index in [0.717, 1.165) is 26.1 Å². The van der Waals surface area contributed by atoms with Gasteiger partial charge in [-0.15, -0.1) is 0 Å². The first-order valence-electron chi connectivity index (χ1n) is 6.24. The summed E-state index contributed by atoms with van der Waals surface area (Å²) in [6.07, 6.45) is 1.63. The number of carbonyl (C=O) groups is 1. The van der Waals surface area contributed by atoms with Gasteiger partial charge in [-0.25, -0.2) is 0 Å². The number of nitrogens with zero attached hydrogens (tertiary/aromatic N) is 1. The molecule has 0 aromatic heterocycles. The van der Waals surface area contributed by atoms with E-state index in [1.54, 1.807) is 0 Å². The van der Waals surface area contributed by atoms with Crippen LogP contribution in [0.3, 0.4) is 0 Å². The van der Waals surface area contributed by atoms with Crippen LogP contribution in [0.25, 0.3) is 0 Å². The van der Waals surface area contributed by atoms with E-state index in [1.807, 2.05) is 14.0 Å². The number of likely N-dealkylation sites (N-methyl/N-ethyl adjacent to an activating group) is 2. The van der Waals surface area contributed by atoms with Gasteiger partial charge in [0.1, 0.15) is 0 Å². The molecule has 0 spiro atoms. The van der Waals surface area contributed by atoms with Crippen LogP contribution < -0.4 is 5.32 Å². The van der Waals surface area contributed by atoms with E-state index >= 15 is 0 Å². The molecule has 4 nitrogen and oxygen atoms in total. The maximum absolute atomic E-state index is 11.4. The topological polar surface area (TPSA) is 41.6 Å². The van der Waals surface area contributed by atoms with Gasteiger partial charge in [-0.1, -0.05) is 6.92 Å². The highest BCUT2D eigenvalue weighted by Crippen LogP contribution is 2.20. The Morgan fingerprint density at radius 2 is 2.19 bits per heavy atom. The molecule has 2 atom stereocenters. The van der Waals surface area contributed by atoms with E-state index < -0.39 is 0 Å². The van der Waals surface area contributed by atoms with Crippen molar-refractivity contribution >= 4 is 5.97 Å². The van der Waals surface area contributed by atoms with E-state index in [2.05, 4.69) is 17.1 Å². The summed E-state index contributed by atoms with van der Waals surface area (Å²) in [5.41, 5.74) is 0. The Labute approximate surface area is 98.3 Å². The normalized spacial score (nSPS) is 26.7. The molecule has 4 heteroatoms. The van der Waals surface area contributed by atoms with Crippen molar-refractivity contribution in [2.75, 3.05) is 33.3 Å². The predicted octanol–water partition coefficient (Wildman–Crippen LogP) is 0.869. The van der Waals surface area contributed by atoms with Gasteiger partial charge in [-0.2, -0.15) is 0 Å². The first kappa shape index (κ1) is 13.5. The van der Waals surface area contributed by atoms with E-state index in [1.165, 1.54) is 0 Å². The van der Waals surface area contributed by atoms with Crippen molar-refractivity contribution in [1.82, 2.24) is 10.2 Å². The third-order valence-electron chi connectivity index (χ3n) is 3.23. The third-order valence-corrected chi connectivity index (χ3v) is 3.23. The minimum absolute atomic E-state index is 0.0553. The van der Waals surface area contributed by atoms with Crippen LogP contribution in [0.5, 0.6) is 0 Å². The van der Waals surface area contributed by atoms with Crippen molar-refractivity contribution in [3.05, 3.63) is 0 Å². The van der Waals surface area contributed by atoms with Gasteiger partial charge in [-0.3, -0.25) is 4.79 Å². The number of hydrogen-bond donors (Lipinski definition) is 1. The lowest BCUT2D eigenvalue weighted by Crippen LogP contribution is -2.48. The molecular weight excluding hydrogens is 204 g/mol. The number of piperidine rings is 1. The molecule has 1 rings (SSSR count). The molecule has 1 saturated heterocycles. The number of nitrogens with one attached hydrogen (secondary N) is 1. The van der Waals surface area contributed by atoms with Gasteiger partial charge in [0, 0.05) is 25.6 Å². The van der Waals surface area contributed by atoms with Gasteiger partial charge >= 0.3 is 5.97 Å². The molecule has 0 bridgehead atoms. The number of hydrogen-bond acceptors (Lipinski definition) is 4. The fraction of sp³-hybridized carbons (Fsp3) is 0.917. The van der Waals surface area contributed by atoms with Crippen molar-refractivity contribution < 1.29 is 9.53 Å². The molecule has 1 heterocycles. The maximum Gasteiger partial charge on any atom is 0.306 e. The van der Waals surface area contributed by atoms with Crippen molar-refractivity contribution in [3.8, 4) is 0 Å². The number of ether oxygens (including phenoxy) is 1. The molecule has 2 unspecified atom stereocenters. The van der Waals surface area contributed by atoms with Gasteiger partial charge in [0.2, 0.25) is 0 Å². The molecule has 0 radical (unpaired) electrons. The quantitative estimate of drug-likeness (QED) is 0.709. The highest BCUT2D eigenvalue weighted by Gasteiger charge is 2.27. The van der Waals surface area contributed by atoms with Crippen LogP contribution in [0.4, 0.5) is 0 Å². The fourth-order valence-electron chi connectivity index (χ4n) is 2.37. The fourth-order valence-corrected chi connectivity index (χ4v) is 2.37. The first-order chi connectivity index (χ1) is 7.69. The molecule has 1 aliphatic heterocycles. The summed E-state index contributed by atoms with van der Waals surface area (Å²) in [5.74, 6) is 0.380. The second kappa shape index (κ2) is 6.86. The number of likely N-dealkylation sites (tertiary alicyclic amines) is 1. The molecule has 0 amide bonds. The molecule has 0 saturated carbocycles. The lowest BCUT2D eigenvalue weighted by Gasteiger charge is -2.36. The molecule has 94 valence electrons. The van der Waals surface area contributed by atoms with Gasteiger partial charge in [-0.05, 0) is 32.9 Å². The zero-order valence-corrected chi connectivity index (χ0v) is 10.7. The van der Waals surface area contributed by atoms with Crippen LogP contribution in [-0.4, -0.2) is 50.2 Å². The van der Waals surface area contributed by atoms with E-state index in [4.69, 9.17) is 4.74 Å². The smallest absolute Gasteiger partial charge is 0.306 e. The Morgan fingerprint density at radius 3 is 2.75 bits per heavy atom. The Hall–Kier alpha value is -0.610. The highest BCUT2D eigenvalue weighted by molar-refractivity contribution is 5.69. The van der Waals surface area contributed by atoms with Crippen molar-refractivity contribution in [3.63, 3.8) is 0 Å². The van der Waals surface area contributed by atoms with Crippen LogP contribution in [0.15, 0.2) is 0 Å². The molecule has 1 fully saturated rings. The summed E-state index contributed by atoms with van der Waals surface area (Å²) in [4.78, 5) is 13.8. The summed E-state index contributed by atoms with van der Waals surface area (Å²) in [6, 6.07) is 0.508. The Morgan fingerprint density at radius 1 is 1.44 bits per heavy atom. The van der Waals surface area contributed by atoms with E-state index in [-0.39, 0.29) is 5.97 Å². The van der Waals surface area contributed by atoms with Crippen molar-refractivity contribution in [2.24, 2.45) is 5.92 Å². The SMILES string of the molecule is CCOC(=O)CC1CC(NC)CN(CC)C1. The Balaban J connectivity index is 2.42. The molecule has 0 aliphatic carbocycles. The highest BCUT2D eigenvalue weighted by atomic mass is 16.5. The number of rotatable bonds is 5.